The lowest BCUT2D eigenvalue weighted by Crippen LogP contribution is -2.21. The lowest BCUT2D eigenvalue weighted by Gasteiger charge is -2.30. The molecule has 7 heteroatoms. The Kier molecular flexibility index (Phi) is 20.4. The fourth-order valence-corrected chi connectivity index (χ4v) is 17.7. The zero-order valence-corrected chi connectivity index (χ0v) is 66.0. The van der Waals surface area contributed by atoms with Crippen molar-refractivity contribution in [2.24, 2.45) is 0 Å². The topological polar surface area (TPSA) is 55.4 Å². The van der Waals surface area contributed by atoms with E-state index in [0.717, 1.165) is 67.9 Å². The van der Waals surface area contributed by atoms with Crippen molar-refractivity contribution in [2.75, 3.05) is 0 Å². The summed E-state index contributed by atoms with van der Waals surface area (Å²) >= 11 is 0. The second-order valence-corrected chi connectivity index (χ2v) is 35.1. The molecule has 13 aromatic rings. The summed E-state index contributed by atoms with van der Waals surface area (Å²) in [4.78, 5) is 0. The van der Waals surface area contributed by atoms with Crippen LogP contribution in [0.15, 0.2) is 309 Å². The first-order chi connectivity index (χ1) is 52.4. The van der Waals surface area contributed by atoms with Crippen LogP contribution in [0.1, 0.15) is 183 Å². The second-order valence-electron chi connectivity index (χ2n) is 32.9. The van der Waals surface area contributed by atoms with Gasteiger partial charge in [-0.1, -0.05) is 301 Å². The van der Waals surface area contributed by atoms with Gasteiger partial charge < -0.3 is 28.4 Å². The average molecular weight is 1450 g/mol. The number of ether oxygens (including phenoxy) is 6. The van der Waals surface area contributed by atoms with E-state index in [1.807, 2.05) is 0 Å². The molecule has 548 valence electrons. The highest BCUT2D eigenvalue weighted by molar-refractivity contribution is 7.79. The first-order valence-corrected chi connectivity index (χ1v) is 39.7. The number of benzene rings is 13. The van der Waals surface area contributed by atoms with Gasteiger partial charge in [-0.05, 0) is 215 Å². The summed E-state index contributed by atoms with van der Waals surface area (Å²) in [6.45, 7) is 30.0. The largest absolute Gasteiger partial charge is 0.489 e. The van der Waals surface area contributed by atoms with Crippen molar-refractivity contribution in [3.05, 3.63) is 410 Å². The molecule has 0 saturated carbocycles. The summed E-state index contributed by atoms with van der Waals surface area (Å²) in [5, 5.41) is 3.76. The smallest absolute Gasteiger partial charge is 0.119 e. The zero-order chi connectivity index (χ0) is 75.7. The fourth-order valence-electron chi connectivity index (χ4n) is 15.5. The van der Waals surface area contributed by atoms with Crippen LogP contribution in [0.25, 0.3) is 0 Å². The maximum atomic E-state index is 6.65. The van der Waals surface area contributed by atoms with Gasteiger partial charge in [0.1, 0.15) is 74.1 Å². The summed E-state index contributed by atoms with van der Waals surface area (Å²) in [6.07, 6.45) is 0. The van der Waals surface area contributed by atoms with Crippen molar-refractivity contribution in [2.45, 2.75) is 155 Å². The van der Waals surface area contributed by atoms with E-state index >= 15 is 0 Å². The van der Waals surface area contributed by atoms with Gasteiger partial charge in [0, 0.05) is 32.5 Å². The lowest BCUT2D eigenvalue weighted by atomic mass is 9.74. The monoisotopic (exact) mass is 1450 g/mol. The van der Waals surface area contributed by atoms with Gasteiger partial charge >= 0.3 is 0 Å². The highest BCUT2D eigenvalue weighted by atomic mass is 31.1. The molecule has 44 rings (SSSR count). The average Bonchev–Trinajstić information content (AvgIpc) is 0.796. The highest BCUT2D eigenvalue weighted by Crippen LogP contribution is 2.43. The molecule has 0 spiro atoms. The Hall–Kier alpha value is -10.9. The number of hydrogen-bond acceptors (Lipinski definition) is 6. The van der Waals surface area contributed by atoms with Crippen LogP contribution in [0.5, 0.6) is 34.5 Å². The minimum atomic E-state index is -0.946. The van der Waals surface area contributed by atoms with E-state index in [0.29, 0.717) is 39.6 Å². The molecule has 0 unspecified atom stereocenters. The lowest BCUT2D eigenvalue weighted by molar-refractivity contribution is 0.293. The maximum Gasteiger partial charge on any atom is 0.119 e. The normalized spacial score (nSPS) is 16.5. The van der Waals surface area contributed by atoms with Gasteiger partial charge in [0.05, 0.1) is 0 Å². The van der Waals surface area contributed by atoms with Crippen LogP contribution in [0.2, 0.25) is 0 Å². The molecule has 0 atom stereocenters. The molecule has 6 nitrogen and oxygen atoms in total. The van der Waals surface area contributed by atoms with E-state index in [4.69, 9.17) is 28.4 Å². The van der Waals surface area contributed by atoms with Crippen molar-refractivity contribution in [1.29, 1.82) is 0 Å². The summed E-state index contributed by atoms with van der Waals surface area (Å²) in [5.41, 5.74) is 19.5. The third-order valence-corrected chi connectivity index (χ3v) is 26.0. The Labute approximate surface area is 647 Å². The fraction of sp³-hybridized carbons (Fsp3) is 0.235. The van der Waals surface area contributed by atoms with Gasteiger partial charge in [-0.3, -0.25) is 0 Å². The molecule has 28 bridgehead atoms. The van der Waals surface area contributed by atoms with E-state index in [1.165, 1.54) is 82.7 Å². The number of rotatable bonds is 0. The van der Waals surface area contributed by atoms with Crippen LogP contribution in [0, 0.1) is 0 Å². The molecule has 109 heavy (non-hydrogen) atoms. The Balaban J connectivity index is 0.773. The van der Waals surface area contributed by atoms with Gasteiger partial charge in [-0.15, -0.1) is 0 Å². The van der Waals surface area contributed by atoms with E-state index in [-0.39, 0.29) is 32.5 Å². The van der Waals surface area contributed by atoms with E-state index in [2.05, 4.69) is 392 Å². The van der Waals surface area contributed by atoms with Crippen molar-refractivity contribution >= 4 is 23.8 Å². The molecule has 13 aromatic carbocycles. The Morgan fingerprint density at radius 2 is 0.294 bits per heavy atom. The van der Waals surface area contributed by atoms with E-state index in [9.17, 15) is 0 Å². The van der Waals surface area contributed by atoms with Crippen LogP contribution in [0.3, 0.4) is 0 Å². The highest BCUT2D eigenvalue weighted by Gasteiger charge is 2.31. The van der Waals surface area contributed by atoms with Crippen molar-refractivity contribution in [1.82, 2.24) is 0 Å². The van der Waals surface area contributed by atoms with Gasteiger partial charge in [0.15, 0.2) is 0 Å². The first kappa shape index (κ1) is 73.6. The molecule has 0 aliphatic carbocycles. The van der Waals surface area contributed by atoms with Gasteiger partial charge in [0.2, 0.25) is 0 Å². The zero-order valence-electron chi connectivity index (χ0n) is 65.1. The molecular weight excluding hydrogens is 1350 g/mol. The molecule has 31 heterocycles. The van der Waals surface area contributed by atoms with Crippen LogP contribution in [-0.2, 0) is 72.1 Å². The number of hydrogen-bond donors (Lipinski definition) is 0. The summed E-state index contributed by atoms with van der Waals surface area (Å²) in [6, 6.07) is 113. The third-order valence-electron chi connectivity index (χ3n) is 23.6. The molecule has 31 aliphatic heterocycles. The maximum absolute atomic E-state index is 6.65. The summed E-state index contributed by atoms with van der Waals surface area (Å²) in [5.74, 6) is 4.90. The first-order valence-electron chi connectivity index (χ1n) is 38.3. The Bertz CT molecular complexity index is 4710. The van der Waals surface area contributed by atoms with Crippen molar-refractivity contribution < 1.29 is 28.4 Å². The van der Waals surface area contributed by atoms with Gasteiger partial charge in [-0.2, -0.15) is 0 Å². The van der Waals surface area contributed by atoms with Crippen LogP contribution >= 0.6 is 7.92 Å². The third kappa shape index (κ3) is 15.9. The standard InChI is InChI=1S/C102H99O6P/c1-97(2)76-19-25-79(26-20-76)100(7,8)85-37-49-91(50-38-85)106-67-73-61-74-63-75(62-73)69-108-93-53-41-87(42-54-93)102(11,12)81-29-23-78(24-30-81)99(5,6)84-35-47-90(48-36-84)105-66-72-17-59-96(60-18-72)109(94-55-13-70(14-56-94)64-103-88-43-31-82(97)32-44-88)95-57-15-71(16-58-95)65-104-89-45-33-83(34-46-89)98(3,4)77-21-27-80(28-22-77)101(9,10)86-39-51-92(52-40-86)107-68-74/h13-63H,64-69H2,1-12H3. The molecule has 0 N–H and O–H groups in total. The SMILES string of the molecule is CC1(C)c2ccc(cc2)OCc2ccc(cc2)P2c3ccc(cc3)COc3ccc(cc3)C(C)(C)c3ccc(cc3)C(C)(C)c3ccc(cc3)OCc3cc(cc(c3)COc3ccc(cc3)C(C)(C)c3ccc(cc3)C(C)(C)c3ccc(cc3)OCc3ccc2cc3)COc2ccc(cc2)C(C)(C)c2ccc1cc2. The summed E-state index contributed by atoms with van der Waals surface area (Å²) in [7, 11) is -0.946. The molecule has 31 aliphatic rings. The van der Waals surface area contributed by atoms with E-state index < -0.39 is 7.92 Å². The molecule has 0 saturated heterocycles. The Morgan fingerprint density at radius 1 is 0.165 bits per heavy atom. The van der Waals surface area contributed by atoms with Crippen LogP contribution < -0.4 is 44.3 Å². The molecular formula is C102H99O6P. The molecule has 0 amide bonds. The van der Waals surface area contributed by atoms with Crippen LogP contribution in [0.4, 0.5) is 0 Å². The minimum absolute atomic E-state index is 0.252. The minimum Gasteiger partial charge on any atom is -0.489 e. The summed E-state index contributed by atoms with van der Waals surface area (Å²) < 4.78 is 39.5. The predicted octanol–water partition coefficient (Wildman–Crippen LogP) is 23.5. The molecule has 0 aromatic heterocycles. The van der Waals surface area contributed by atoms with E-state index in [1.54, 1.807) is 0 Å². The van der Waals surface area contributed by atoms with Crippen molar-refractivity contribution in [3.8, 4) is 34.5 Å². The molecule has 0 radical (unpaired) electrons. The van der Waals surface area contributed by atoms with Gasteiger partial charge in [0.25, 0.3) is 0 Å². The Morgan fingerprint density at radius 3 is 0.440 bits per heavy atom. The molecule has 0 fully saturated rings. The quantitative estimate of drug-likeness (QED) is 0.141. The van der Waals surface area contributed by atoms with Crippen molar-refractivity contribution in [3.63, 3.8) is 0 Å². The van der Waals surface area contributed by atoms with Gasteiger partial charge in [-0.25, -0.2) is 0 Å². The second kappa shape index (κ2) is 30.3. The predicted molar refractivity (Wildman–Crippen MR) is 448 cm³/mol. The van der Waals surface area contributed by atoms with Crippen LogP contribution in [-0.4, -0.2) is 0 Å².